The average molecular weight is 358 g/mol. The van der Waals surface area contributed by atoms with E-state index in [4.69, 9.17) is 0 Å². The molecule has 0 aromatic carbocycles. The van der Waals surface area contributed by atoms with Crippen LogP contribution in [0.3, 0.4) is 0 Å². The van der Waals surface area contributed by atoms with Gasteiger partial charge in [0.1, 0.15) is 4.21 Å². The number of sulfonamides is 1. The van der Waals surface area contributed by atoms with Crippen LogP contribution in [0.2, 0.25) is 0 Å². The fourth-order valence-corrected chi connectivity index (χ4v) is 6.14. The number of thiophene rings is 1. The standard InChI is InChI=1S/C14H19N3O2S3/c1-10-16-12(9-20-10)13-3-4-14(21-13)22(18,19)17(2)11-5-7-15-8-6-11/h3-4,9,11,15H,5-8H2,1-2H3. The minimum atomic E-state index is -3.42. The van der Waals surface area contributed by atoms with Crippen LogP contribution in [0.5, 0.6) is 0 Å². The first-order valence-electron chi connectivity index (χ1n) is 7.19. The molecule has 0 atom stereocenters. The van der Waals surface area contributed by atoms with Crippen molar-refractivity contribution in [3.63, 3.8) is 0 Å². The maximum atomic E-state index is 12.8. The monoisotopic (exact) mass is 357 g/mol. The Morgan fingerprint density at radius 3 is 2.68 bits per heavy atom. The summed E-state index contributed by atoms with van der Waals surface area (Å²) in [5.41, 5.74) is 0.860. The molecule has 0 aliphatic carbocycles. The van der Waals surface area contributed by atoms with Gasteiger partial charge in [-0.1, -0.05) is 0 Å². The Bertz CT molecular complexity index is 745. The van der Waals surface area contributed by atoms with Crippen molar-refractivity contribution in [3.05, 3.63) is 22.5 Å². The fraction of sp³-hybridized carbons (Fsp3) is 0.500. The molecule has 0 radical (unpaired) electrons. The van der Waals surface area contributed by atoms with Crippen LogP contribution in [0.15, 0.2) is 21.7 Å². The van der Waals surface area contributed by atoms with Crippen molar-refractivity contribution < 1.29 is 8.42 Å². The number of nitrogens with zero attached hydrogens (tertiary/aromatic N) is 2. The van der Waals surface area contributed by atoms with Crippen LogP contribution in [0.1, 0.15) is 17.8 Å². The van der Waals surface area contributed by atoms with E-state index in [0.29, 0.717) is 4.21 Å². The van der Waals surface area contributed by atoms with Gasteiger partial charge in [0.2, 0.25) is 0 Å². The summed E-state index contributed by atoms with van der Waals surface area (Å²) in [5, 5.41) is 6.21. The molecule has 1 fully saturated rings. The summed E-state index contributed by atoms with van der Waals surface area (Å²) in [6.07, 6.45) is 1.72. The van der Waals surface area contributed by atoms with Crippen molar-refractivity contribution in [2.75, 3.05) is 20.1 Å². The molecular weight excluding hydrogens is 338 g/mol. The minimum Gasteiger partial charge on any atom is -0.317 e. The first-order chi connectivity index (χ1) is 10.5. The zero-order chi connectivity index (χ0) is 15.7. The molecule has 8 heteroatoms. The third kappa shape index (κ3) is 3.11. The fourth-order valence-electron chi connectivity index (χ4n) is 2.58. The van der Waals surface area contributed by atoms with Crippen molar-refractivity contribution in [3.8, 4) is 10.6 Å². The molecule has 3 rings (SSSR count). The normalized spacial score (nSPS) is 17.2. The molecule has 2 aromatic heterocycles. The average Bonchev–Trinajstić information content (AvgIpc) is 3.16. The van der Waals surface area contributed by atoms with Gasteiger partial charge in [0.25, 0.3) is 10.0 Å². The lowest BCUT2D eigenvalue weighted by Crippen LogP contribution is -2.43. The summed E-state index contributed by atoms with van der Waals surface area (Å²) in [5.74, 6) is 0. The number of nitrogens with one attached hydrogen (secondary N) is 1. The quantitative estimate of drug-likeness (QED) is 0.913. The second-order valence-corrected chi connectivity index (χ2v) is 9.74. The van der Waals surface area contributed by atoms with Crippen LogP contribution in [-0.4, -0.2) is 43.9 Å². The highest BCUT2D eigenvalue weighted by atomic mass is 32.2. The van der Waals surface area contributed by atoms with Gasteiger partial charge in [-0.2, -0.15) is 4.31 Å². The summed E-state index contributed by atoms with van der Waals surface area (Å²) < 4.78 is 27.5. The number of aromatic nitrogens is 1. The Morgan fingerprint density at radius 1 is 1.32 bits per heavy atom. The van der Waals surface area contributed by atoms with E-state index in [1.165, 1.54) is 15.6 Å². The lowest BCUT2D eigenvalue weighted by atomic mass is 10.1. The van der Waals surface area contributed by atoms with E-state index in [1.807, 2.05) is 18.4 Å². The predicted octanol–water partition coefficient (Wildman–Crippen LogP) is 2.55. The van der Waals surface area contributed by atoms with Gasteiger partial charge < -0.3 is 5.32 Å². The Balaban J connectivity index is 1.84. The lowest BCUT2D eigenvalue weighted by molar-refractivity contribution is 0.297. The molecule has 2 aromatic rings. The van der Waals surface area contributed by atoms with E-state index < -0.39 is 10.0 Å². The van der Waals surface area contributed by atoms with Crippen molar-refractivity contribution in [2.45, 2.75) is 30.0 Å². The molecule has 1 aliphatic heterocycles. The number of piperidine rings is 1. The first-order valence-corrected chi connectivity index (χ1v) is 10.3. The first kappa shape index (κ1) is 16.1. The molecular formula is C14H19N3O2S3. The Kier molecular flexibility index (Phi) is 4.65. The molecule has 5 nitrogen and oxygen atoms in total. The molecule has 1 aliphatic rings. The SMILES string of the molecule is Cc1nc(-c2ccc(S(=O)(=O)N(C)C3CCNCC3)s2)cs1. The van der Waals surface area contributed by atoms with E-state index in [1.54, 1.807) is 24.5 Å². The van der Waals surface area contributed by atoms with Gasteiger partial charge in [0.15, 0.2) is 0 Å². The number of hydrogen-bond acceptors (Lipinski definition) is 6. The highest BCUT2D eigenvalue weighted by molar-refractivity contribution is 7.91. The van der Waals surface area contributed by atoms with Gasteiger partial charge in [0.05, 0.1) is 15.6 Å². The number of rotatable bonds is 4. The molecule has 0 spiro atoms. The molecule has 22 heavy (non-hydrogen) atoms. The second-order valence-electron chi connectivity index (χ2n) is 5.37. The van der Waals surface area contributed by atoms with Crippen LogP contribution in [0, 0.1) is 6.92 Å². The third-order valence-electron chi connectivity index (χ3n) is 3.91. The predicted molar refractivity (Wildman–Crippen MR) is 91.0 cm³/mol. The van der Waals surface area contributed by atoms with Gasteiger partial charge in [-0.3, -0.25) is 0 Å². The van der Waals surface area contributed by atoms with Crippen LogP contribution < -0.4 is 5.32 Å². The largest absolute Gasteiger partial charge is 0.317 e. The van der Waals surface area contributed by atoms with E-state index in [-0.39, 0.29) is 6.04 Å². The van der Waals surface area contributed by atoms with Crippen molar-refractivity contribution >= 4 is 32.7 Å². The van der Waals surface area contributed by atoms with Gasteiger partial charge in [0, 0.05) is 18.5 Å². The number of hydrogen-bond donors (Lipinski definition) is 1. The number of aryl methyl sites for hydroxylation is 1. The molecule has 0 saturated carbocycles. The summed E-state index contributed by atoms with van der Waals surface area (Å²) in [6.45, 7) is 3.70. The zero-order valence-electron chi connectivity index (χ0n) is 12.6. The van der Waals surface area contributed by atoms with Gasteiger partial charge >= 0.3 is 0 Å². The topological polar surface area (TPSA) is 62.3 Å². The smallest absolute Gasteiger partial charge is 0.252 e. The van der Waals surface area contributed by atoms with E-state index in [2.05, 4.69) is 10.3 Å². The maximum absolute atomic E-state index is 12.8. The van der Waals surface area contributed by atoms with Crippen molar-refractivity contribution in [1.82, 2.24) is 14.6 Å². The minimum absolute atomic E-state index is 0.0818. The van der Waals surface area contributed by atoms with Gasteiger partial charge in [-0.25, -0.2) is 13.4 Å². The lowest BCUT2D eigenvalue weighted by Gasteiger charge is -2.30. The molecule has 120 valence electrons. The van der Waals surface area contributed by atoms with Crippen molar-refractivity contribution in [2.24, 2.45) is 0 Å². The van der Waals surface area contributed by atoms with Crippen LogP contribution in [0.4, 0.5) is 0 Å². The molecule has 0 amide bonds. The summed E-state index contributed by atoms with van der Waals surface area (Å²) in [4.78, 5) is 5.33. The van der Waals surface area contributed by atoms with Gasteiger partial charge in [-0.05, 0) is 45.0 Å². The highest BCUT2D eigenvalue weighted by Gasteiger charge is 2.30. The maximum Gasteiger partial charge on any atom is 0.252 e. The Hall–Kier alpha value is -0.800. The summed E-state index contributed by atoms with van der Waals surface area (Å²) in [6, 6.07) is 3.63. The van der Waals surface area contributed by atoms with E-state index in [9.17, 15) is 8.42 Å². The van der Waals surface area contributed by atoms with E-state index >= 15 is 0 Å². The zero-order valence-corrected chi connectivity index (χ0v) is 15.0. The molecule has 1 N–H and O–H groups in total. The van der Waals surface area contributed by atoms with E-state index in [0.717, 1.165) is 41.5 Å². The Morgan fingerprint density at radius 2 is 2.05 bits per heavy atom. The third-order valence-corrected chi connectivity index (χ3v) is 8.17. The highest BCUT2D eigenvalue weighted by Crippen LogP contribution is 2.33. The summed E-state index contributed by atoms with van der Waals surface area (Å²) in [7, 11) is -1.73. The van der Waals surface area contributed by atoms with Crippen LogP contribution in [-0.2, 0) is 10.0 Å². The molecule has 3 heterocycles. The molecule has 0 unspecified atom stereocenters. The molecule has 1 saturated heterocycles. The van der Waals surface area contributed by atoms with Crippen molar-refractivity contribution in [1.29, 1.82) is 0 Å². The molecule has 0 bridgehead atoms. The number of thiazole rings is 1. The van der Waals surface area contributed by atoms with Crippen LogP contribution >= 0.6 is 22.7 Å². The summed E-state index contributed by atoms with van der Waals surface area (Å²) >= 11 is 2.87. The van der Waals surface area contributed by atoms with Gasteiger partial charge in [-0.15, -0.1) is 22.7 Å². The Labute approximate surface area is 139 Å². The van der Waals surface area contributed by atoms with Crippen LogP contribution in [0.25, 0.3) is 10.6 Å². The second kappa shape index (κ2) is 6.37.